The molecule has 0 atom stereocenters. The Hall–Kier alpha value is -6.74. The summed E-state index contributed by atoms with van der Waals surface area (Å²) in [7, 11) is 0. The van der Waals surface area contributed by atoms with Gasteiger partial charge in [0, 0.05) is 42.6 Å². The van der Waals surface area contributed by atoms with Gasteiger partial charge in [-0.3, -0.25) is 0 Å². The number of fused-ring (bicyclic) bond motifs is 9. The van der Waals surface area contributed by atoms with Crippen LogP contribution in [0.2, 0.25) is 0 Å². The summed E-state index contributed by atoms with van der Waals surface area (Å²) in [5.41, 5.74) is 8.28. The number of thiophene rings is 1. The Morgan fingerprint density at radius 3 is 1.63 bits per heavy atom. The molecule has 0 radical (unpaired) electrons. The van der Waals surface area contributed by atoms with Crippen LogP contribution in [-0.4, -0.2) is 0 Å². The van der Waals surface area contributed by atoms with Gasteiger partial charge in [-0.25, -0.2) is 0 Å². The number of hydrogen-bond acceptors (Lipinski definition) is 2. The van der Waals surface area contributed by atoms with Crippen LogP contribution < -0.4 is 4.90 Å². The molecule has 0 aliphatic rings. The Morgan fingerprint density at radius 1 is 0.296 bits per heavy atom. The Bertz CT molecular complexity index is 3200. The minimum atomic E-state index is 1.12. The monoisotopic (exact) mass is 703 g/mol. The minimum absolute atomic E-state index is 1.12. The van der Waals surface area contributed by atoms with Gasteiger partial charge in [0.2, 0.25) is 0 Å². The van der Waals surface area contributed by atoms with Gasteiger partial charge in [0.1, 0.15) is 0 Å². The van der Waals surface area contributed by atoms with Crippen LogP contribution >= 0.6 is 11.3 Å². The average Bonchev–Trinajstić information content (AvgIpc) is 3.63. The second-order valence-corrected chi connectivity index (χ2v) is 15.1. The second-order valence-electron chi connectivity index (χ2n) is 14.1. The lowest BCUT2D eigenvalue weighted by molar-refractivity contribution is 1.29. The topological polar surface area (TPSA) is 3.24 Å². The van der Waals surface area contributed by atoms with Crippen LogP contribution in [0, 0.1) is 0 Å². The van der Waals surface area contributed by atoms with Crippen molar-refractivity contribution in [1.82, 2.24) is 0 Å². The van der Waals surface area contributed by atoms with Crippen molar-refractivity contribution in [3.63, 3.8) is 0 Å². The first-order chi connectivity index (χ1) is 26.8. The van der Waals surface area contributed by atoms with E-state index in [4.69, 9.17) is 0 Å². The standard InChI is InChI=1S/C52H33NS/c1-3-13-42-34(10-1)12-9-18-43(42)35-20-26-39(27-21-35)53(41-30-24-37-25-31-48-47-17-7-8-19-51(47)54-52(48)50(37)33-41)40-28-22-36(23-29-40)49-32-38-11-2-4-14-44(38)45-15-5-6-16-46(45)49/h1-33H. The molecule has 0 aliphatic heterocycles. The van der Waals surface area contributed by atoms with E-state index in [9.17, 15) is 0 Å². The highest BCUT2D eigenvalue weighted by molar-refractivity contribution is 7.26. The normalized spacial score (nSPS) is 11.7. The summed E-state index contributed by atoms with van der Waals surface area (Å²) in [6.07, 6.45) is 0. The van der Waals surface area contributed by atoms with Gasteiger partial charge in [-0.1, -0.05) is 152 Å². The van der Waals surface area contributed by atoms with E-state index in [1.807, 2.05) is 11.3 Å². The Morgan fingerprint density at radius 2 is 0.852 bits per heavy atom. The predicted molar refractivity (Wildman–Crippen MR) is 235 cm³/mol. The molecule has 2 heteroatoms. The molecule has 0 saturated carbocycles. The van der Waals surface area contributed by atoms with E-state index < -0.39 is 0 Å². The van der Waals surface area contributed by atoms with Crippen molar-refractivity contribution in [2.24, 2.45) is 0 Å². The molecule has 252 valence electrons. The zero-order chi connectivity index (χ0) is 35.6. The van der Waals surface area contributed by atoms with Crippen molar-refractivity contribution >= 4 is 91.7 Å². The maximum Gasteiger partial charge on any atom is 0.0468 e. The molecule has 0 saturated heterocycles. The van der Waals surface area contributed by atoms with Crippen LogP contribution in [0.25, 0.3) is 85.5 Å². The zero-order valence-corrected chi connectivity index (χ0v) is 30.2. The predicted octanol–water partition coefficient (Wildman–Crippen LogP) is 15.5. The van der Waals surface area contributed by atoms with Crippen LogP contribution in [0.1, 0.15) is 0 Å². The maximum absolute atomic E-state index is 2.40. The summed E-state index contributed by atoms with van der Waals surface area (Å²) in [5, 5.41) is 12.8. The molecular weight excluding hydrogens is 671 g/mol. The molecule has 0 unspecified atom stereocenters. The molecule has 0 spiro atoms. The molecule has 0 N–H and O–H groups in total. The molecule has 11 aromatic rings. The second kappa shape index (κ2) is 12.4. The molecule has 10 aromatic carbocycles. The van der Waals surface area contributed by atoms with Gasteiger partial charge in [0.25, 0.3) is 0 Å². The van der Waals surface area contributed by atoms with Gasteiger partial charge >= 0.3 is 0 Å². The number of nitrogens with zero attached hydrogens (tertiary/aromatic N) is 1. The largest absolute Gasteiger partial charge is 0.310 e. The minimum Gasteiger partial charge on any atom is -0.310 e. The van der Waals surface area contributed by atoms with Gasteiger partial charge in [-0.15, -0.1) is 11.3 Å². The summed E-state index contributed by atoms with van der Waals surface area (Å²) in [4.78, 5) is 2.40. The molecule has 0 amide bonds. The first-order valence-corrected chi connectivity index (χ1v) is 19.3. The summed E-state index contributed by atoms with van der Waals surface area (Å²) in [6.45, 7) is 0. The molecule has 0 fully saturated rings. The van der Waals surface area contributed by atoms with Gasteiger partial charge in [0.15, 0.2) is 0 Å². The first-order valence-electron chi connectivity index (χ1n) is 18.5. The summed E-state index contributed by atoms with van der Waals surface area (Å²) in [5.74, 6) is 0. The van der Waals surface area contributed by atoms with Crippen molar-refractivity contribution in [1.29, 1.82) is 0 Å². The number of rotatable bonds is 5. The molecule has 11 rings (SSSR count). The third kappa shape index (κ3) is 4.99. The lowest BCUT2D eigenvalue weighted by atomic mass is 9.93. The van der Waals surface area contributed by atoms with E-state index in [0.29, 0.717) is 0 Å². The van der Waals surface area contributed by atoms with Crippen LogP contribution in [-0.2, 0) is 0 Å². The van der Waals surface area contributed by atoms with Gasteiger partial charge in [-0.2, -0.15) is 0 Å². The van der Waals surface area contributed by atoms with Crippen LogP contribution in [0.15, 0.2) is 200 Å². The van der Waals surface area contributed by atoms with E-state index in [1.165, 1.54) is 85.5 Å². The van der Waals surface area contributed by atoms with Crippen LogP contribution in [0.5, 0.6) is 0 Å². The lowest BCUT2D eigenvalue weighted by Gasteiger charge is -2.26. The number of benzene rings is 10. The molecule has 54 heavy (non-hydrogen) atoms. The molecular formula is C52H33NS. The van der Waals surface area contributed by atoms with Gasteiger partial charge in [0.05, 0.1) is 0 Å². The quantitative estimate of drug-likeness (QED) is 0.161. The lowest BCUT2D eigenvalue weighted by Crippen LogP contribution is -2.09. The highest BCUT2D eigenvalue weighted by Gasteiger charge is 2.17. The van der Waals surface area contributed by atoms with E-state index in [-0.39, 0.29) is 0 Å². The Labute approximate surface area is 317 Å². The number of hydrogen-bond donors (Lipinski definition) is 0. The van der Waals surface area contributed by atoms with Crippen LogP contribution in [0.3, 0.4) is 0 Å². The highest BCUT2D eigenvalue weighted by Crippen LogP contribution is 2.43. The molecule has 1 aromatic heterocycles. The van der Waals surface area contributed by atoms with Crippen LogP contribution in [0.4, 0.5) is 17.1 Å². The molecule has 1 heterocycles. The fourth-order valence-electron chi connectivity index (χ4n) is 8.43. The Balaban J connectivity index is 1.07. The molecule has 1 nitrogen and oxygen atoms in total. The van der Waals surface area contributed by atoms with Crippen molar-refractivity contribution < 1.29 is 0 Å². The van der Waals surface area contributed by atoms with Gasteiger partial charge < -0.3 is 4.90 Å². The first kappa shape index (κ1) is 30.8. The molecule has 0 bridgehead atoms. The SMILES string of the molecule is c1ccc2c(-c3ccc(N(c4ccc(-c5cc6ccccc6c6ccccc56)cc4)c4ccc5ccc6c7ccccc7sc6c5c4)cc3)cccc2c1. The van der Waals surface area contributed by atoms with Crippen molar-refractivity contribution in [3.8, 4) is 22.3 Å². The van der Waals surface area contributed by atoms with E-state index in [2.05, 4.69) is 205 Å². The summed E-state index contributed by atoms with van der Waals surface area (Å²) >= 11 is 1.89. The van der Waals surface area contributed by atoms with E-state index in [0.717, 1.165) is 17.1 Å². The average molecular weight is 704 g/mol. The molecule has 0 aliphatic carbocycles. The maximum atomic E-state index is 2.40. The van der Waals surface area contributed by atoms with Crippen molar-refractivity contribution in [2.75, 3.05) is 4.90 Å². The van der Waals surface area contributed by atoms with E-state index in [1.54, 1.807) is 0 Å². The third-order valence-corrected chi connectivity index (χ3v) is 12.3. The van der Waals surface area contributed by atoms with Gasteiger partial charge in [-0.05, 0) is 108 Å². The summed E-state index contributed by atoms with van der Waals surface area (Å²) < 4.78 is 2.66. The number of anilines is 3. The van der Waals surface area contributed by atoms with E-state index >= 15 is 0 Å². The summed E-state index contributed by atoms with van der Waals surface area (Å²) in [6, 6.07) is 73.5. The zero-order valence-electron chi connectivity index (χ0n) is 29.4. The fraction of sp³-hybridized carbons (Fsp3) is 0. The third-order valence-electron chi connectivity index (χ3n) is 11.0. The smallest absolute Gasteiger partial charge is 0.0468 e. The van der Waals surface area contributed by atoms with Crippen molar-refractivity contribution in [2.45, 2.75) is 0 Å². The fourth-order valence-corrected chi connectivity index (χ4v) is 9.66. The Kier molecular flexibility index (Phi) is 7.11. The highest BCUT2D eigenvalue weighted by atomic mass is 32.1. The van der Waals surface area contributed by atoms with Crippen molar-refractivity contribution in [3.05, 3.63) is 200 Å².